The van der Waals surface area contributed by atoms with Gasteiger partial charge in [-0.3, -0.25) is 20.2 Å². The second kappa shape index (κ2) is 6.37. The van der Waals surface area contributed by atoms with E-state index in [2.05, 4.69) is 22.5 Å². The zero-order chi connectivity index (χ0) is 16.4. The summed E-state index contributed by atoms with van der Waals surface area (Å²) in [5.41, 5.74) is 1.81. The molecule has 7 nitrogen and oxygen atoms in total. The summed E-state index contributed by atoms with van der Waals surface area (Å²) in [6, 6.07) is 6.59. The number of imidazole rings is 1. The van der Waals surface area contributed by atoms with Gasteiger partial charge in [0.2, 0.25) is 11.9 Å². The van der Waals surface area contributed by atoms with Crippen LogP contribution < -0.4 is 10.6 Å². The molecule has 7 heteroatoms. The highest BCUT2D eigenvalue weighted by Crippen LogP contribution is 2.21. The molecule has 1 aliphatic rings. The van der Waals surface area contributed by atoms with Crippen LogP contribution in [0.1, 0.15) is 26.2 Å². The Bertz CT molecular complexity index is 740. The quantitative estimate of drug-likeness (QED) is 0.778. The van der Waals surface area contributed by atoms with Crippen molar-refractivity contribution in [1.29, 1.82) is 0 Å². The summed E-state index contributed by atoms with van der Waals surface area (Å²) in [6.07, 6.45) is 1.89. The molecule has 3 rings (SSSR count). The number of aliphatic carboxylic acids is 1. The monoisotopic (exact) mass is 316 g/mol. The Morgan fingerprint density at radius 2 is 2.09 bits per heavy atom. The van der Waals surface area contributed by atoms with Gasteiger partial charge in [-0.15, -0.1) is 0 Å². The first-order chi connectivity index (χ1) is 11.1. The van der Waals surface area contributed by atoms with Crippen molar-refractivity contribution in [1.82, 2.24) is 14.9 Å². The molecule has 1 saturated heterocycles. The molecule has 1 aliphatic heterocycles. The number of para-hydroxylation sites is 2. The molecule has 0 aliphatic carbocycles. The number of carbonyl (C=O) groups excluding carboxylic acids is 1. The third-order valence-electron chi connectivity index (χ3n) is 4.10. The highest BCUT2D eigenvalue weighted by Gasteiger charge is 2.33. The van der Waals surface area contributed by atoms with E-state index in [0.29, 0.717) is 18.8 Å². The molecule has 1 aromatic carbocycles. The number of rotatable bonds is 5. The minimum atomic E-state index is -0.918. The standard InChI is InChI=1S/C16H20N4O3/c1-2-9-20-13-6-4-3-5-10(13)18-16(20)19-14(21)11-7-8-12(17-11)15(22)23/h3-6,11-12,17H,2,7-9H2,1H3,(H,22,23)(H,18,19,21)/t11-,12+/m1/s1. The summed E-state index contributed by atoms with van der Waals surface area (Å²) in [7, 11) is 0. The van der Waals surface area contributed by atoms with Gasteiger partial charge in [0.25, 0.3) is 0 Å². The van der Waals surface area contributed by atoms with E-state index in [0.717, 1.165) is 24.0 Å². The molecule has 1 aromatic heterocycles. The summed E-state index contributed by atoms with van der Waals surface area (Å²) < 4.78 is 1.98. The molecule has 23 heavy (non-hydrogen) atoms. The Labute approximate surface area is 133 Å². The third kappa shape index (κ3) is 3.05. The molecule has 2 heterocycles. The lowest BCUT2D eigenvalue weighted by atomic mass is 10.2. The second-order valence-corrected chi connectivity index (χ2v) is 5.75. The molecule has 0 radical (unpaired) electrons. The minimum absolute atomic E-state index is 0.235. The van der Waals surface area contributed by atoms with Crippen LogP contribution >= 0.6 is 0 Å². The molecule has 0 unspecified atom stereocenters. The maximum atomic E-state index is 12.4. The van der Waals surface area contributed by atoms with Crippen LogP contribution in [-0.4, -0.2) is 38.6 Å². The highest BCUT2D eigenvalue weighted by molar-refractivity contribution is 5.96. The number of fused-ring (bicyclic) bond motifs is 1. The Morgan fingerprint density at radius 1 is 1.35 bits per heavy atom. The van der Waals surface area contributed by atoms with Gasteiger partial charge >= 0.3 is 5.97 Å². The van der Waals surface area contributed by atoms with Crippen LogP contribution in [0.4, 0.5) is 5.95 Å². The Kier molecular flexibility index (Phi) is 4.29. The predicted molar refractivity (Wildman–Crippen MR) is 86.2 cm³/mol. The van der Waals surface area contributed by atoms with Gasteiger partial charge in [0, 0.05) is 6.54 Å². The maximum absolute atomic E-state index is 12.4. The average Bonchev–Trinajstić information content (AvgIpc) is 3.14. The first kappa shape index (κ1) is 15.5. The number of hydrogen-bond acceptors (Lipinski definition) is 4. The lowest BCUT2D eigenvalue weighted by Crippen LogP contribution is -2.42. The van der Waals surface area contributed by atoms with Gasteiger partial charge in [0.1, 0.15) is 6.04 Å². The van der Waals surface area contributed by atoms with E-state index in [1.165, 1.54) is 0 Å². The summed E-state index contributed by atoms with van der Waals surface area (Å²) in [6.45, 7) is 2.82. The number of carboxylic acid groups (broad SMARTS) is 1. The van der Waals surface area contributed by atoms with E-state index < -0.39 is 18.1 Å². The van der Waals surface area contributed by atoms with Gasteiger partial charge in [-0.25, -0.2) is 4.98 Å². The van der Waals surface area contributed by atoms with E-state index in [1.54, 1.807) is 0 Å². The lowest BCUT2D eigenvalue weighted by Gasteiger charge is -2.13. The van der Waals surface area contributed by atoms with Crippen molar-refractivity contribution in [2.24, 2.45) is 0 Å². The topological polar surface area (TPSA) is 96.2 Å². The molecule has 1 amide bonds. The van der Waals surface area contributed by atoms with E-state index in [4.69, 9.17) is 5.11 Å². The van der Waals surface area contributed by atoms with Crippen LogP contribution in [0.2, 0.25) is 0 Å². The van der Waals surface area contributed by atoms with Crippen molar-refractivity contribution in [3.8, 4) is 0 Å². The lowest BCUT2D eigenvalue weighted by molar-refractivity contribution is -0.139. The average molecular weight is 316 g/mol. The third-order valence-corrected chi connectivity index (χ3v) is 4.10. The van der Waals surface area contributed by atoms with Gasteiger partial charge in [0.15, 0.2) is 0 Å². The van der Waals surface area contributed by atoms with E-state index >= 15 is 0 Å². The fraction of sp³-hybridized carbons (Fsp3) is 0.438. The van der Waals surface area contributed by atoms with Crippen molar-refractivity contribution in [3.63, 3.8) is 0 Å². The number of nitrogens with one attached hydrogen (secondary N) is 2. The minimum Gasteiger partial charge on any atom is -0.480 e. The van der Waals surface area contributed by atoms with Gasteiger partial charge in [-0.2, -0.15) is 0 Å². The predicted octanol–water partition coefficient (Wildman–Crippen LogP) is 1.59. The van der Waals surface area contributed by atoms with Crippen molar-refractivity contribution >= 4 is 28.9 Å². The molecular weight excluding hydrogens is 296 g/mol. The Balaban J connectivity index is 1.80. The van der Waals surface area contributed by atoms with E-state index in [1.807, 2.05) is 28.8 Å². The zero-order valence-electron chi connectivity index (χ0n) is 13.0. The molecule has 122 valence electrons. The van der Waals surface area contributed by atoms with Gasteiger partial charge < -0.3 is 9.67 Å². The Morgan fingerprint density at radius 3 is 2.78 bits per heavy atom. The summed E-state index contributed by atoms with van der Waals surface area (Å²) in [5.74, 6) is -0.640. The van der Waals surface area contributed by atoms with Crippen LogP contribution in [0.5, 0.6) is 0 Å². The fourth-order valence-corrected chi connectivity index (χ4v) is 2.96. The molecule has 2 atom stereocenters. The Hall–Kier alpha value is -2.41. The van der Waals surface area contributed by atoms with Crippen LogP contribution in [0.3, 0.4) is 0 Å². The molecular formula is C16H20N4O3. The number of aryl methyl sites for hydroxylation is 1. The first-order valence-electron chi connectivity index (χ1n) is 7.85. The van der Waals surface area contributed by atoms with Crippen molar-refractivity contribution in [3.05, 3.63) is 24.3 Å². The highest BCUT2D eigenvalue weighted by atomic mass is 16.4. The molecule has 0 bridgehead atoms. The van der Waals surface area contributed by atoms with Crippen LogP contribution in [0, 0.1) is 0 Å². The molecule has 0 saturated carbocycles. The van der Waals surface area contributed by atoms with Gasteiger partial charge in [-0.05, 0) is 31.4 Å². The van der Waals surface area contributed by atoms with Crippen LogP contribution in [0.25, 0.3) is 11.0 Å². The largest absolute Gasteiger partial charge is 0.480 e. The summed E-state index contributed by atoms with van der Waals surface area (Å²) >= 11 is 0. The molecule has 2 aromatic rings. The number of amides is 1. The van der Waals surface area contributed by atoms with Gasteiger partial charge in [-0.1, -0.05) is 19.1 Å². The smallest absolute Gasteiger partial charge is 0.320 e. The van der Waals surface area contributed by atoms with E-state index in [-0.39, 0.29) is 5.91 Å². The molecule has 3 N–H and O–H groups in total. The number of benzene rings is 1. The van der Waals surface area contributed by atoms with E-state index in [9.17, 15) is 9.59 Å². The summed E-state index contributed by atoms with van der Waals surface area (Å²) in [4.78, 5) is 27.9. The number of hydrogen-bond donors (Lipinski definition) is 3. The second-order valence-electron chi connectivity index (χ2n) is 5.75. The number of nitrogens with zero attached hydrogens (tertiary/aromatic N) is 2. The summed E-state index contributed by atoms with van der Waals surface area (Å²) in [5, 5.41) is 14.7. The van der Waals surface area contributed by atoms with Gasteiger partial charge in [0.05, 0.1) is 17.1 Å². The van der Waals surface area contributed by atoms with Crippen molar-refractivity contribution < 1.29 is 14.7 Å². The number of carbonyl (C=O) groups is 2. The number of carboxylic acids is 1. The van der Waals surface area contributed by atoms with Crippen LogP contribution in [0.15, 0.2) is 24.3 Å². The fourth-order valence-electron chi connectivity index (χ4n) is 2.96. The SMILES string of the molecule is CCCn1c(NC(=O)[C@H]2CC[C@@H](C(=O)O)N2)nc2ccccc21. The zero-order valence-corrected chi connectivity index (χ0v) is 13.0. The maximum Gasteiger partial charge on any atom is 0.320 e. The first-order valence-corrected chi connectivity index (χ1v) is 7.85. The molecule has 1 fully saturated rings. The number of aromatic nitrogens is 2. The van der Waals surface area contributed by atoms with Crippen LogP contribution in [-0.2, 0) is 16.1 Å². The normalized spacial score (nSPS) is 20.7. The van der Waals surface area contributed by atoms with Crippen molar-refractivity contribution in [2.45, 2.75) is 44.8 Å². The number of anilines is 1. The molecule has 0 spiro atoms. The van der Waals surface area contributed by atoms with Crippen molar-refractivity contribution in [2.75, 3.05) is 5.32 Å².